The lowest BCUT2D eigenvalue weighted by molar-refractivity contribution is 0.509. The van der Waals surface area contributed by atoms with Crippen molar-refractivity contribution in [3.8, 4) is 0 Å². The maximum Gasteiger partial charge on any atom is 0.266 e. The van der Waals surface area contributed by atoms with Gasteiger partial charge in [-0.05, 0) is 42.3 Å². The van der Waals surface area contributed by atoms with Gasteiger partial charge in [-0.3, -0.25) is 4.99 Å². The molecule has 4 rings (SSSR count). The number of amidine groups is 1. The Balaban J connectivity index is 1.80. The zero-order valence-electron chi connectivity index (χ0n) is 16.5. The van der Waals surface area contributed by atoms with E-state index in [9.17, 15) is 8.42 Å². The summed E-state index contributed by atoms with van der Waals surface area (Å²) in [7, 11) is -3.85. The van der Waals surface area contributed by atoms with Crippen molar-refractivity contribution >= 4 is 33.0 Å². The predicted molar refractivity (Wildman–Crippen MR) is 122 cm³/mol. The Morgan fingerprint density at radius 1 is 1.00 bits per heavy atom. The Labute approximate surface area is 182 Å². The normalized spacial score (nSPS) is 16.4. The van der Waals surface area contributed by atoms with Crippen molar-refractivity contribution in [2.24, 2.45) is 4.99 Å². The standard InChI is InChI=1S/C24H21ClN2O2S/c1-17-8-14-22(15-9-17)30(28,29)27-23(18(2)19-10-12-21(25)13-11-19)16-26-24(27)20-6-4-3-5-7-20/h3-15,23H,2,16H2,1H3. The van der Waals surface area contributed by atoms with Crippen molar-refractivity contribution in [3.05, 3.63) is 107 Å². The summed E-state index contributed by atoms with van der Waals surface area (Å²) in [5.74, 6) is 0.427. The second-order valence-corrected chi connectivity index (χ2v) is 9.44. The average molecular weight is 437 g/mol. The van der Waals surface area contributed by atoms with Gasteiger partial charge in [0.15, 0.2) is 0 Å². The van der Waals surface area contributed by atoms with Crippen LogP contribution in [-0.2, 0) is 10.0 Å². The summed E-state index contributed by atoms with van der Waals surface area (Å²) in [6.45, 7) is 6.44. The predicted octanol–water partition coefficient (Wildman–Crippen LogP) is 5.18. The summed E-state index contributed by atoms with van der Waals surface area (Å²) in [6, 6.07) is 22.9. The van der Waals surface area contributed by atoms with Crippen molar-refractivity contribution in [2.75, 3.05) is 6.54 Å². The Hall–Kier alpha value is -2.89. The van der Waals surface area contributed by atoms with Crippen molar-refractivity contribution < 1.29 is 8.42 Å². The number of aliphatic imine (C=N–C) groups is 1. The van der Waals surface area contributed by atoms with Gasteiger partial charge in [-0.15, -0.1) is 0 Å². The van der Waals surface area contributed by atoms with E-state index in [1.807, 2.05) is 49.4 Å². The first-order chi connectivity index (χ1) is 14.4. The van der Waals surface area contributed by atoms with Gasteiger partial charge in [-0.1, -0.05) is 78.3 Å². The van der Waals surface area contributed by atoms with Crippen LogP contribution in [-0.4, -0.2) is 31.1 Å². The third kappa shape index (κ3) is 3.78. The molecule has 0 radical (unpaired) electrons. The first-order valence-corrected chi connectivity index (χ1v) is 11.4. The number of benzene rings is 3. The van der Waals surface area contributed by atoms with Crippen LogP contribution in [0.4, 0.5) is 0 Å². The van der Waals surface area contributed by atoms with E-state index in [1.165, 1.54) is 4.31 Å². The molecule has 0 spiro atoms. The van der Waals surface area contributed by atoms with Crippen LogP contribution in [0.1, 0.15) is 16.7 Å². The zero-order chi connectivity index (χ0) is 21.3. The molecular weight excluding hydrogens is 416 g/mol. The highest BCUT2D eigenvalue weighted by molar-refractivity contribution is 7.89. The lowest BCUT2D eigenvalue weighted by Gasteiger charge is -2.29. The quantitative estimate of drug-likeness (QED) is 0.553. The third-order valence-corrected chi connectivity index (χ3v) is 7.20. The van der Waals surface area contributed by atoms with Crippen molar-refractivity contribution in [1.82, 2.24) is 4.31 Å². The third-order valence-electron chi connectivity index (χ3n) is 5.13. The second kappa shape index (κ2) is 8.09. The van der Waals surface area contributed by atoms with Gasteiger partial charge in [0.05, 0.1) is 17.5 Å². The van der Waals surface area contributed by atoms with E-state index >= 15 is 0 Å². The van der Waals surface area contributed by atoms with Gasteiger partial charge in [-0.25, -0.2) is 12.7 Å². The molecule has 1 aliphatic rings. The smallest absolute Gasteiger partial charge is 0.265 e. The average Bonchev–Trinajstić information content (AvgIpc) is 3.21. The molecule has 3 aromatic carbocycles. The van der Waals surface area contributed by atoms with Gasteiger partial charge >= 0.3 is 0 Å². The Kier molecular flexibility index (Phi) is 5.50. The van der Waals surface area contributed by atoms with Crippen LogP contribution in [0.25, 0.3) is 5.57 Å². The molecule has 1 atom stereocenters. The summed E-state index contributed by atoms with van der Waals surface area (Å²) >= 11 is 6.01. The molecule has 0 aromatic heterocycles. The lowest BCUT2D eigenvalue weighted by atomic mass is 10.0. The lowest BCUT2D eigenvalue weighted by Crippen LogP contribution is -2.42. The van der Waals surface area contributed by atoms with Crippen LogP contribution < -0.4 is 0 Å². The highest BCUT2D eigenvalue weighted by Gasteiger charge is 2.40. The fourth-order valence-corrected chi connectivity index (χ4v) is 5.24. The molecule has 0 fully saturated rings. The van der Waals surface area contributed by atoms with E-state index in [1.54, 1.807) is 36.4 Å². The maximum atomic E-state index is 13.7. The highest BCUT2D eigenvalue weighted by atomic mass is 35.5. The molecule has 1 heterocycles. The summed E-state index contributed by atoms with van der Waals surface area (Å²) in [4.78, 5) is 4.85. The molecule has 152 valence electrons. The number of rotatable bonds is 5. The number of hydrogen-bond donors (Lipinski definition) is 0. The van der Waals surface area contributed by atoms with Gasteiger partial charge < -0.3 is 0 Å². The molecule has 0 aliphatic carbocycles. The minimum absolute atomic E-state index is 0.229. The molecule has 1 aliphatic heterocycles. The largest absolute Gasteiger partial charge is 0.266 e. The van der Waals surface area contributed by atoms with Crippen LogP contribution in [0.15, 0.2) is 95.3 Å². The van der Waals surface area contributed by atoms with Crippen molar-refractivity contribution in [2.45, 2.75) is 17.9 Å². The summed E-state index contributed by atoms with van der Waals surface area (Å²) < 4.78 is 28.8. The molecule has 0 N–H and O–H groups in total. The Morgan fingerprint density at radius 3 is 2.27 bits per heavy atom. The van der Waals surface area contributed by atoms with E-state index < -0.39 is 16.1 Å². The maximum absolute atomic E-state index is 13.7. The fourth-order valence-electron chi connectivity index (χ4n) is 3.48. The van der Waals surface area contributed by atoms with Crippen LogP contribution >= 0.6 is 11.6 Å². The number of halogens is 1. The molecule has 6 heteroatoms. The first kappa shape index (κ1) is 20.4. The van der Waals surface area contributed by atoms with E-state index in [2.05, 4.69) is 11.6 Å². The van der Waals surface area contributed by atoms with Crippen LogP contribution in [0.5, 0.6) is 0 Å². The van der Waals surface area contributed by atoms with Crippen molar-refractivity contribution in [3.63, 3.8) is 0 Å². The van der Waals surface area contributed by atoms with Gasteiger partial charge in [0, 0.05) is 10.6 Å². The monoisotopic (exact) mass is 436 g/mol. The minimum atomic E-state index is -3.85. The topological polar surface area (TPSA) is 49.7 Å². The van der Waals surface area contributed by atoms with Crippen LogP contribution in [0.2, 0.25) is 5.02 Å². The molecule has 4 nitrogen and oxygen atoms in total. The van der Waals surface area contributed by atoms with E-state index in [0.29, 0.717) is 23.0 Å². The second-order valence-electron chi connectivity index (χ2n) is 7.19. The molecule has 0 bridgehead atoms. The Morgan fingerprint density at radius 2 is 1.63 bits per heavy atom. The Bertz CT molecular complexity index is 1200. The van der Waals surface area contributed by atoms with Crippen LogP contribution in [0, 0.1) is 6.92 Å². The molecule has 1 unspecified atom stereocenters. The van der Waals surface area contributed by atoms with Crippen molar-refractivity contribution in [1.29, 1.82) is 0 Å². The molecule has 0 saturated carbocycles. The fraction of sp³-hybridized carbons (Fsp3) is 0.125. The van der Waals surface area contributed by atoms with Gasteiger partial charge in [0.2, 0.25) is 0 Å². The number of aryl methyl sites for hydroxylation is 1. The first-order valence-electron chi connectivity index (χ1n) is 9.53. The molecule has 0 amide bonds. The van der Waals surface area contributed by atoms with Gasteiger partial charge in [-0.2, -0.15) is 0 Å². The number of sulfonamides is 1. The van der Waals surface area contributed by atoms with Gasteiger partial charge in [0.25, 0.3) is 10.0 Å². The summed E-state index contributed by atoms with van der Waals surface area (Å²) in [5, 5.41) is 0.614. The molecule has 30 heavy (non-hydrogen) atoms. The minimum Gasteiger partial charge on any atom is -0.265 e. The van der Waals surface area contributed by atoms with E-state index in [-0.39, 0.29) is 4.90 Å². The van der Waals surface area contributed by atoms with Crippen LogP contribution in [0.3, 0.4) is 0 Å². The summed E-state index contributed by atoms with van der Waals surface area (Å²) in [5.41, 5.74) is 3.25. The van der Waals surface area contributed by atoms with Gasteiger partial charge in [0.1, 0.15) is 5.84 Å². The number of hydrogen-bond acceptors (Lipinski definition) is 3. The summed E-state index contributed by atoms with van der Waals surface area (Å²) in [6.07, 6.45) is 0. The number of nitrogens with zero attached hydrogens (tertiary/aromatic N) is 2. The molecule has 3 aromatic rings. The SMILES string of the molecule is C=C(c1ccc(Cl)cc1)C1CN=C(c2ccccc2)N1S(=O)(=O)c1ccc(C)cc1. The molecule has 0 saturated heterocycles. The molecular formula is C24H21ClN2O2S. The van der Waals surface area contributed by atoms with E-state index in [0.717, 1.165) is 16.7 Å². The zero-order valence-corrected chi connectivity index (χ0v) is 18.1. The highest BCUT2D eigenvalue weighted by Crippen LogP contribution is 2.32. The van der Waals surface area contributed by atoms with E-state index in [4.69, 9.17) is 11.6 Å².